The quantitative estimate of drug-likeness (QED) is 0.755. The van der Waals surface area contributed by atoms with E-state index in [1.807, 2.05) is 13.8 Å². The fourth-order valence-corrected chi connectivity index (χ4v) is 2.08. The number of nitrogens with two attached hydrogens (primary N) is 1. The Labute approximate surface area is 103 Å². The maximum atomic E-state index is 5.72. The molecule has 2 rings (SSSR count). The van der Waals surface area contributed by atoms with Gasteiger partial charge in [0.2, 0.25) is 0 Å². The zero-order valence-electron chi connectivity index (χ0n) is 9.78. The molecule has 2 heterocycles. The average molecular weight is 253 g/mol. The Morgan fingerprint density at radius 1 is 1.59 bits per heavy atom. The number of aromatic nitrogens is 3. The molecule has 2 aromatic rings. The molecule has 6 nitrogen and oxygen atoms in total. The summed E-state index contributed by atoms with van der Waals surface area (Å²) < 4.78 is 9.51. The Hall–Kier alpha value is -1.76. The van der Waals surface area contributed by atoms with Gasteiger partial charge in [0.25, 0.3) is 0 Å². The molecule has 0 fully saturated rings. The first-order valence-corrected chi connectivity index (χ1v) is 6.10. The molecule has 0 aliphatic rings. The maximum Gasteiger partial charge on any atom is 0.197 e. The Morgan fingerprint density at radius 3 is 3.06 bits per heavy atom. The maximum absolute atomic E-state index is 5.72. The molecule has 0 atom stereocenters. The molecule has 92 valence electrons. The van der Waals surface area contributed by atoms with Gasteiger partial charge < -0.3 is 15.8 Å². The van der Waals surface area contributed by atoms with E-state index in [1.54, 1.807) is 6.20 Å². The Balaban J connectivity index is 2.06. The van der Waals surface area contributed by atoms with Crippen LogP contribution in [0.15, 0.2) is 6.20 Å². The second kappa shape index (κ2) is 5.05. The van der Waals surface area contributed by atoms with Gasteiger partial charge in [0.1, 0.15) is 0 Å². The first-order chi connectivity index (χ1) is 8.22. The van der Waals surface area contributed by atoms with Crippen LogP contribution in [0, 0.1) is 6.92 Å². The third kappa shape index (κ3) is 2.50. The van der Waals surface area contributed by atoms with Crippen LogP contribution in [0.25, 0.3) is 0 Å². The lowest BCUT2D eigenvalue weighted by Gasteiger charge is -2.06. The predicted molar refractivity (Wildman–Crippen MR) is 68.3 cm³/mol. The lowest BCUT2D eigenvalue weighted by molar-refractivity contribution is 0.344. The molecular formula is C10H15N5OS. The minimum atomic E-state index is 0.434. The van der Waals surface area contributed by atoms with Crippen molar-refractivity contribution in [2.24, 2.45) is 0 Å². The van der Waals surface area contributed by atoms with E-state index >= 15 is 0 Å². The highest BCUT2D eigenvalue weighted by molar-refractivity contribution is 7.11. The lowest BCUT2D eigenvalue weighted by Crippen LogP contribution is -2.02. The highest BCUT2D eigenvalue weighted by Crippen LogP contribution is 2.35. The van der Waals surface area contributed by atoms with E-state index < -0.39 is 0 Å². The molecule has 0 unspecified atom stereocenters. The van der Waals surface area contributed by atoms with Crippen LogP contribution >= 0.6 is 11.5 Å². The van der Waals surface area contributed by atoms with Crippen molar-refractivity contribution >= 4 is 22.4 Å². The largest absolute Gasteiger partial charge is 0.487 e. The topological polar surface area (TPSA) is 88.8 Å². The van der Waals surface area contributed by atoms with Gasteiger partial charge in [-0.1, -0.05) is 0 Å². The number of nitrogen functional groups attached to an aromatic ring is 1. The highest BCUT2D eigenvalue weighted by Gasteiger charge is 2.12. The molecule has 7 heteroatoms. The van der Waals surface area contributed by atoms with Crippen molar-refractivity contribution in [1.82, 2.24) is 14.6 Å². The molecule has 17 heavy (non-hydrogen) atoms. The summed E-state index contributed by atoms with van der Waals surface area (Å²) in [7, 11) is 0. The molecule has 2 aromatic heterocycles. The number of aryl methyl sites for hydroxylation is 1. The summed E-state index contributed by atoms with van der Waals surface area (Å²) in [5, 5.41) is 11.0. The van der Waals surface area contributed by atoms with Gasteiger partial charge in [0.15, 0.2) is 16.6 Å². The average Bonchev–Trinajstić information content (AvgIpc) is 2.86. The monoisotopic (exact) mass is 253 g/mol. The molecule has 0 saturated heterocycles. The van der Waals surface area contributed by atoms with Crippen LogP contribution in [0.1, 0.15) is 18.2 Å². The number of rotatable bonds is 5. The van der Waals surface area contributed by atoms with Crippen molar-refractivity contribution < 1.29 is 4.74 Å². The molecule has 0 radical (unpaired) electrons. The first kappa shape index (κ1) is 11.7. The van der Waals surface area contributed by atoms with Gasteiger partial charge in [-0.2, -0.15) is 9.47 Å². The SMILES string of the molecule is CCOc1c(N)nsc1NCc1cn[nH]c1C. The van der Waals surface area contributed by atoms with Crippen molar-refractivity contribution in [3.8, 4) is 5.75 Å². The number of nitrogens with zero attached hydrogens (tertiary/aromatic N) is 2. The molecule has 0 aliphatic carbocycles. The number of nitrogens with one attached hydrogen (secondary N) is 2. The third-order valence-corrected chi connectivity index (χ3v) is 3.14. The summed E-state index contributed by atoms with van der Waals surface area (Å²) in [5.74, 6) is 1.07. The normalized spacial score (nSPS) is 10.5. The summed E-state index contributed by atoms with van der Waals surface area (Å²) in [6.45, 7) is 5.14. The molecule has 0 saturated carbocycles. The smallest absolute Gasteiger partial charge is 0.197 e. The Morgan fingerprint density at radius 2 is 2.41 bits per heavy atom. The molecule has 0 aromatic carbocycles. The highest BCUT2D eigenvalue weighted by atomic mass is 32.1. The minimum Gasteiger partial charge on any atom is -0.487 e. The lowest BCUT2D eigenvalue weighted by atomic mass is 10.3. The number of hydrogen-bond donors (Lipinski definition) is 3. The molecular weight excluding hydrogens is 238 g/mol. The summed E-state index contributed by atoms with van der Waals surface area (Å²) in [6.07, 6.45) is 1.80. The Bertz CT molecular complexity index is 493. The van der Waals surface area contributed by atoms with Gasteiger partial charge in [-0.15, -0.1) is 0 Å². The standard InChI is InChI=1S/C10H15N5OS/c1-3-16-8-9(11)15-17-10(8)12-4-7-5-13-14-6(7)2/h5,12H,3-4H2,1-2H3,(H2,11,15)(H,13,14). The summed E-state index contributed by atoms with van der Waals surface area (Å²) in [5.41, 5.74) is 7.88. The van der Waals surface area contributed by atoms with E-state index in [-0.39, 0.29) is 0 Å². The van der Waals surface area contributed by atoms with E-state index in [0.29, 0.717) is 24.7 Å². The summed E-state index contributed by atoms with van der Waals surface area (Å²) in [4.78, 5) is 0. The van der Waals surface area contributed by atoms with Gasteiger partial charge in [0, 0.05) is 17.8 Å². The number of hydrogen-bond acceptors (Lipinski definition) is 6. The Kier molecular flexibility index (Phi) is 3.48. The second-order valence-corrected chi connectivity index (χ2v) is 4.31. The van der Waals surface area contributed by atoms with Crippen LogP contribution in [-0.2, 0) is 6.54 Å². The molecule has 4 N–H and O–H groups in total. The van der Waals surface area contributed by atoms with Crippen LogP contribution in [0.5, 0.6) is 5.75 Å². The fourth-order valence-electron chi connectivity index (χ4n) is 1.42. The zero-order chi connectivity index (χ0) is 12.3. The summed E-state index contributed by atoms with van der Waals surface area (Å²) in [6, 6.07) is 0. The molecule has 0 spiro atoms. The van der Waals surface area contributed by atoms with Gasteiger partial charge in [-0.25, -0.2) is 0 Å². The molecule has 0 amide bonds. The van der Waals surface area contributed by atoms with E-state index in [2.05, 4.69) is 19.9 Å². The van der Waals surface area contributed by atoms with Crippen molar-refractivity contribution in [2.45, 2.75) is 20.4 Å². The van der Waals surface area contributed by atoms with Crippen LogP contribution < -0.4 is 15.8 Å². The predicted octanol–water partition coefficient (Wildman–Crippen LogP) is 1.77. The summed E-state index contributed by atoms with van der Waals surface area (Å²) >= 11 is 1.30. The van der Waals surface area contributed by atoms with Crippen molar-refractivity contribution in [3.05, 3.63) is 17.5 Å². The van der Waals surface area contributed by atoms with E-state index in [4.69, 9.17) is 10.5 Å². The zero-order valence-corrected chi connectivity index (χ0v) is 10.6. The van der Waals surface area contributed by atoms with Gasteiger partial charge in [-0.05, 0) is 25.4 Å². The van der Waals surface area contributed by atoms with Crippen LogP contribution in [0.4, 0.5) is 10.8 Å². The van der Waals surface area contributed by atoms with Gasteiger partial charge >= 0.3 is 0 Å². The van der Waals surface area contributed by atoms with Gasteiger partial charge in [-0.3, -0.25) is 5.10 Å². The first-order valence-electron chi connectivity index (χ1n) is 5.33. The van der Waals surface area contributed by atoms with E-state index in [0.717, 1.165) is 16.3 Å². The van der Waals surface area contributed by atoms with Crippen LogP contribution in [0.2, 0.25) is 0 Å². The van der Waals surface area contributed by atoms with E-state index in [1.165, 1.54) is 11.5 Å². The van der Waals surface area contributed by atoms with E-state index in [9.17, 15) is 0 Å². The molecule has 0 bridgehead atoms. The number of anilines is 2. The van der Waals surface area contributed by atoms with Crippen LogP contribution in [0.3, 0.4) is 0 Å². The fraction of sp³-hybridized carbons (Fsp3) is 0.400. The van der Waals surface area contributed by atoms with Crippen molar-refractivity contribution in [2.75, 3.05) is 17.7 Å². The number of H-pyrrole nitrogens is 1. The van der Waals surface area contributed by atoms with Gasteiger partial charge in [0.05, 0.1) is 12.8 Å². The third-order valence-electron chi connectivity index (χ3n) is 2.34. The van der Waals surface area contributed by atoms with Crippen molar-refractivity contribution in [3.63, 3.8) is 0 Å². The number of ether oxygens (including phenoxy) is 1. The molecule has 0 aliphatic heterocycles. The second-order valence-electron chi connectivity index (χ2n) is 3.53. The van der Waals surface area contributed by atoms with Crippen molar-refractivity contribution in [1.29, 1.82) is 0 Å². The van der Waals surface area contributed by atoms with Crippen LogP contribution in [-0.4, -0.2) is 21.2 Å². The number of aromatic amines is 1. The minimum absolute atomic E-state index is 0.434.